The molecule has 0 spiro atoms. The van der Waals surface area contributed by atoms with Gasteiger partial charge >= 0.3 is 0 Å². The first-order valence-electron chi connectivity index (χ1n) is 2.71. The number of H-pyrrole nitrogens is 1. The number of hydrogen-bond donors (Lipinski definition) is 3. The van der Waals surface area contributed by atoms with Crippen LogP contribution < -0.4 is 11.3 Å². The maximum atomic E-state index is 10.6. The van der Waals surface area contributed by atoms with Crippen LogP contribution in [-0.4, -0.2) is 15.1 Å². The van der Waals surface area contributed by atoms with Gasteiger partial charge in [-0.25, -0.2) is 0 Å². The zero-order valence-electron chi connectivity index (χ0n) is 5.57. The van der Waals surface area contributed by atoms with Crippen molar-refractivity contribution in [1.82, 2.24) is 9.97 Å². The molecular formula is C5H8ClN3O2. The van der Waals surface area contributed by atoms with Gasteiger partial charge in [-0.15, -0.1) is 12.4 Å². The van der Waals surface area contributed by atoms with Crippen LogP contribution >= 0.6 is 12.4 Å². The SMILES string of the molecule is Cl.NCc1nc(O)cc(=O)[nH]1. The van der Waals surface area contributed by atoms with Crippen LogP contribution in [0.25, 0.3) is 0 Å². The van der Waals surface area contributed by atoms with Gasteiger partial charge in [-0.2, -0.15) is 4.98 Å². The number of rotatable bonds is 1. The Morgan fingerprint density at radius 3 is 2.82 bits per heavy atom. The van der Waals surface area contributed by atoms with Gasteiger partial charge in [0.05, 0.1) is 12.6 Å². The maximum absolute atomic E-state index is 10.6. The van der Waals surface area contributed by atoms with E-state index in [0.29, 0.717) is 0 Å². The van der Waals surface area contributed by atoms with Gasteiger partial charge in [0.15, 0.2) is 0 Å². The summed E-state index contributed by atoms with van der Waals surface area (Å²) in [4.78, 5) is 16.4. The molecule has 0 saturated heterocycles. The van der Waals surface area contributed by atoms with Gasteiger partial charge in [0.2, 0.25) is 5.88 Å². The van der Waals surface area contributed by atoms with Gasteiger partial charge in [0.25, 0.3) is 5.56 Å². The molecule has 0 aliphatic heterocycles. The normalized spacial score (nSPS) is 8.82. The molecule has 0 saturated carbocycles. The van der Waals surface area contributed by atoms with Crippen LogP contribution in [-0.2, 0) is 6.54 Å². The Morgan fingerprint density at radius 2 is 2.36 bits per heavy atom. The van der Waals surface area contributed by atoms with Crippen molar-refractivity contribution in [3.63, 3.8) is 0 Å². The highest BCUT2D eigenvalue weighted by Gasteiger charge is 1.94. The molecule has 4 N–H and O–H groups in total. The highest BCUT2D eigenvalue weighted by molar-refractivity contribution is 5.85. The van der Waals surface area contributed by atoms with Crippen LogP contribution in [0.5, 0.6) is 5.88 Å². The van der Waals surface area contributed by atoms with E-state index in [-0.39, 0.29) is 30.7 Å². The second-order valence-corrected chi connectivity index (χ2v) is 1.75. The predicted octanol–water partition coefficient (Wildman–Crippen LogP) is -0.644. The van der Waals surface area contributed by atoms with E-state index < -0.39 is 5.56 Å². The van der Waals surface area contributed by atoms with Crippen molar-refractivity contribution in [2.75, 3.05) is 0 Å². The molecule has 0 aliphatic rings. The van der Waals surface area contributed by atoms with E-state index in [1.54, 1.807) is 0 Å². The summed E-state index contributed by atoms with van der Waals surface area (Å²) in [5.41, 5.74) is 4.75. The largest absolute Gasteiger partial charge is 0.493 e. The van der Waals surface area contributed by atoms with Crippen molar-refractivity contribution in [2.45, 2.75) is 6.54 Å². The molecule has 0 amide bonds. The van der Waals surface area contributed by atoms with Crippen molar-refractivity contribution < 1.29 is 5.11 Å². The summed E-state index contributed by atoms with van der Waals surface area (Å²) in [5, 5.41) is 8.74. The minimum absolute atomic E-state index is 0. The number of aromatic nitrogens is 2. The average Bonchev–Trinajstić information content (AvgIpc) is 1.85. The zero-order chi connectivity index (χ0) is 7.56. The second-order valence-electron chi connectivity index (χ2n) is 1.75. The third kappa shape index (κ3) is 2.57. The quantitative estimate of drug-likeness (QED) is 0.532. The highest BCUT2D eigenvalue weighted by Crippen LogP contribution is 1.95. The molecule has 62 valence electrons. The Labute approximate surface area is 68.7 Å². The lowest BCUT2D eigenvalue weighted by molar-refractivity contribution is 0.447. The number of aromatic amines is 1. The summed E-state index contributed by atoms with van der Waals surface area (Å²) in [5.74, 6) is -0.0193. The number of hydrogen-bond acceptors (Lipinski definition) is 4. The summed E-state index contributed by atoms with van der Waals surface area (Å²) in [6, 6.07) is 0.985. The van der Waals surface area contributed by atoms with E-state index in [0.717, 1.165) is 6.07 Å². The molecule has 1 aromatic heterocycles. The fraction of sp³-hybridized carbons (Fsp3) is 0.200. The number of nitrogens with zero attached hydrogens (tertiary/aromatic N) is 1. The van der Waals surface area contributed by atoms with Crippen LogP contribution in [0.15, 0.2) is 10.9 Å². The number of nitrogens with one attached hydrogen (secondary N) is 1. The van der Waals surface area contributed by atoms with Crippen molar-refractivity contribution in [2.24, 2.45) is 5.73 Å². The van der Waals surface area contributed by atoms with Crippen molar-refractivity contribution in [1.29, 1.82) is 0 Å². The van der Waals surface area contributed by atoms with Gasteiger partial charge in [-0.05, 0) is 0 Å². The lowest BCUT2D eigenvalue weighted by Gasteiger charge is -1.93. The molecule has 6 heteroatoms. The standard InChI is InChI=1S/C5H7N3O2.ClH/c6-2-3-7-4(9)1-5(10)8-3;/h1H,2,6H2,(H2,7,8,9,10);1H. The van der Waals surface area contributed by atoms with Crippen LogP contribution in [0.4, 0.5) is 0 Å². The van der Waals surface area contributed by atoms with Crippen molar-refractivity contribution >= 4 is 12.4 Å². The molecule has 0 unspecified atom stereocenters. The van der Waals surface area contributed by atoms with E-state index in [9.17, 15) is 4.79 Å². The summed E-state index contributed by atoms with van der Waals surface area (Å²) < 4.78 is 0. The molecule has 1 rings (SSSR count). The molecule has 1 aromatic rings. The highest BCUT2D eigenvalue weighted by atomic mass is 35.5. The first-order valence-corrected chi connectivity index (χ1v) is 2.71. The average molecular weight is 178 g/mol. The van der Waals surface area contributed by atoms with Gasteiger partial charge in [0, 0.05) is 0 Å². The van der Waals surface area contributed by atoms with E-state index in [2.05, 4.69) is 9.97 Å². The van der Waals surface area contributed by atoms with E-state index in [4.69, 9.17) is 10.8 Å². The summed E-state index contributed by atoms with van der Waals surface area (Å²) in [6.45, 7) is 0.115. The molecular weight excluding hydrogens is 170 g/mol. The minimum atomic E-state index is -0.395. The molecule has 0 atom stereocenters. The number of aromatic hydroxyl groups is 1. The maximum Gasteiger partial charge on any atom is 0.254 e. The van der Waals surface area contributed by atoms with Crippen LogP contribution in [0.3, 0.4) is 0 Å². The summed E-state index contributed by atoms with van der Waals surface area (Å²) in [6.07, 6.45) is 0. The molecule has 0 aliphatic carbocycles. The van der Waals surface area contributed by atoms with Crippen LogP contribution in [0.1, 0.15) is 5.82 Å². The zero-order valence-corrected chi connectivity index (χ0v) is 6.39. The number of halogens is 1. The van der Waals surface area contributed by atoms with Crippen LogP contribution in [0.2, 0.25) is 0 Å². The molecule has 0 aromatic carbocycles. The fourth-order valence-corrected chi connectivity index (χ4v) is 0.591. The first-order chi connectivity index (χ1) is 4.72. The van der Waals surface area contributed by atoms with Gasteiger partial charge in [0.1, 0.15) is 5.82 Å². The molecule has 0 bridgehead atoms. The molecule has 1 heterocycles. The smallest absolute Gasteiger partial charge is 0.254 e. The molecule has 0 fully saturated rings. The Kier molecular flexibility index (Phi) is 3.56. The fourth-order valence-electron chi connectivity index (χ4n) is 0.591. The third-order valence-corrected chi connectivity index (χ3v) is 0.971. The van der Waals surface area contributed by atoms with Crippen LogP contribution in [0, 0.1) is 0 Å². The summed E-state index contributed by atoms with van der Waals surface area (Å²) >= 11 is 0. The molecule has 5 nitrogen and oxygen atoms in total. The lowest BCUT2D eigenvalue weighted by Crippen LogP contribution is -2.12. The Morgan fingerprint density at radius 1 is 1.73 bits per heavy atom. The topological polar surface area (TPSA) is 92.0 Å². The first kappa shape index (κ1) is 9.93. The Balaban J connectivity index is 0.000001000. The second kappa shape index (κ2) is 3.95. The predicted molar refractivity (Wildman–Crippen MR) is 41.7 cm³/mol. The Bertz CT molecular complexity index is 285. The van der Waals surface area contributed by atoms with E-state index in [1.165, 1.54) is 0 Å². The van der Waals surface area contributed by atoms with Crippen molar-refractivity contribution in [3.8, 4) is 5.88 Å². The molecule has 0 radical (unpaired) electrons. The third-order valence-electron chi connectivity index (χ3n) is 0.971. The minimum Gasteiger partial charge on any atom is -0.493 e. The van der Waals surface area contributed by atoms with Gasteiger partial charge in [-0.3, -0.25) is 4.79 Å². The number of nitrogens with two attached hydrogens (primary N) is 1. The van der Waals surface area contributed by atoms with Gasteiger partial charge < -0.3 is 15.8 Å². The monoisotopic (exact) mass is 177 g/mol. The lowest BCUT2D eigenvalue weighted by atomic mass is 10.5. The summed E-state index contributed by atoms with van der Waals surface area (Å²) in [7, 11) is 0. The van der Waals surface area contributed by atoms with Crippen molar-refractivity contribution in [3.05, 3.63) is 22.2 Å². The van der Waals surface area contributed by atoms with Gasteiger partial charge in [-0.1, -0.05) is 0 Å². The Hall–Kier alpha value is -1.07. The van der Waals surface area contributed by atoms with E-state index in [1.807, 2.05) is 0 Å². The molecule has 11 heavy (non-hydrogen) atoms. The van der Waals surface area contributed by atoms with E-state index >= 15 is 0 Å².